The van der Waals surface area contributed by atoms with Gasteiger partial charge in [0.15, 0.2) is 0 Å². The Labute approximate surface area is 424 Å². The first-order valence-electron chi connectivity index (χ1n) is 25.6. The normalized spacial score (nSPS) is 11.2. The van der Waals surface area contributed by atoms with Gasteiger partial charge in [-0.05, 0) is 154 Å². The molecule has 4 rings (SSSR count). The quantitative estimate of drug-likeness (QED) is 0.0258. The van der Waals surface area contributed by atoms with Gasteiger partial charge >= 0.3 is 28.4 Å². The molecule has 0 bridgehead atoms. The van der Waals surface area contributed by atoms with Crippen molar-refractivity contribution in [2.24, 2.45) is 9.98 Å². The van der Waals surface area contributed by atoms with Crippen molar-refractivity contribution in [2.45, 2.75) is 197 Å². The van der Waals surface area contributed by atoms with Crippen LogP contribution in [0.1, 0.15) is 212 Å². The molecule has 382 valence electrons. The van der Waals surface area contributed by atoms with E-state index in [9.17, 15) is 40.2 Å². The second-order valence-corrected chi connectivity index (χ2v) is 17.7. The standard InChI is InChI=1S/C26H36N2.2C16H24O4.Ni/c1-5-8-10-17-26(21(4)27-24-15-11-9-12-16-24)28-25-19-18-22(13-6-2)23(20-25)14-7-3;2*1-3-5-7-9-12-11(8-6-4-2)10-13(17)15(18)14(12)16(19)20;/h9,11-12,15-16,18-20H,5-8,10,13-14,17H2,1-4H3;2*10,17-18H,3-9H2,1-2H3,(H,19,20);/q;;;+2/p-2. The molecule has 4 aromatic rings. The van der Waals surface area contributed by atoms with E-state index in [0.717, 1.165) is 124 Å². The SMILES string of the molecule is CCCCCC(=Nc1ccc(CCC)c(CCC)c1)C(C)=Nc1ccccc1.CCCCCc1c(CCCC)cc(O)c([O-])c1C(=O)O.CCCCCc1c(CCCC)cc(O)c([O-])c1C(=O)O.[Ni+2]. The van der Waals surface area contributed by atoms with Gasteiger partial charge in [0.2, 0.25) is 0 Å². The van der Waals surface area contributed by atoms with Crippen LogP contribution in [0.2, 0.25) is 0 Å². The third kappa shape index (κ3) is 21.2. The van der Waals surface area contributed by atoms with Crippen LogP contribution in [-0.4, -0.2) is 43.8 Å². The van der Waals surface area contributed by atoms with E-state index in [4.69, 9.17) is 9.98 Å². The van der Waals surface area contributed by atoms with E-state index >= 15 is 0 Å². The number of aromatic hydroxyl groups is 2. The summed E-state index contributed by atoms with van der Waals surface area (Å²) in [4.78, 5) is 32.6. The number of aryl methyl sites for hydroxylation is 4. The van der Waals surface area contributed by atoms with Crippen molar-refractivity contribution in [1.82, 2.24) is 0 Å². The molecule has 4 N–H and O–H groups in total. The number of aliphatic imine (C=N–C) groups is 2. The number of rotatable bonds is 27. The first kappa shape index (κ1) is 61.9. The van der Waals surface area contributed by atoms with Crippen molar-refractivity contribution in [1.29, 1.82) is 0 Å². The van der Waals surface area contributed by atoms with E-state index in [2.05, 4.69) is 73.6 Å². The molecule has 0 aliphatic heterocycles. The summed E-state index contributed by atoms with van der Waals surface area (Å²) in [6.45, 7) is 17.1. The molecular weight excluding hydrogens is 911 g/mol. The molecule has 11 heteroatoms. The van der Waals surface area contributed by atoms with Crippen LogP contribution in [0, 0.1) is 0 Å². The molecule has 0 aliphatic rings. The summed E-state index contributed by atoms with van der Waals surface area (Å²) >= 11 is 0. The first-order chi connectivity index (χ1) is 32.7. The minimum Gasteiger partial charge on any atom is -0.869 e. The van der Waals surface area contributed by atoms with Gasteiger partial charge < -0.3 is 30.6 Å². The number of para-hydroxylation sites is 1. The second kappa shape index (κ2) is 35.0. The Morgan fingerprint density at radius 2 is 0.928 bits per heavy atom. The van der Waals surface area contributed by atoms with E-state index in [1.807, 2.05) is 30.3 Å². The van der Waals surface area contributed by atoms with Gasteiger partial charge in [-0.15, -0.1) is 0 Å². The van der Waals surface area contributed by atoms with Crippen LogP contribution in [0.5, 0.6) is 23.0 Å². The maximum atomic E-state index is 11.9. The molecular formula is C58H82N2NiO8. The van der Waals surface area contributed by atoms with Crippen LogP contribution in [0.3, 0.4) is 0 Å². The van der Waals surface area contributed by atoms with Crippen molar-refractivity contribution >= 4 is 34.7 Å². The molecule has 0 radical (unpaired) electrons. The molecule has 0 spiro atoms. The number of aromatic carboxylic acids is 2. The van der Waals surface area contributed by atoms with Gasteiger partial charge in [0.25, 0.3) is 0 Å². The Kier molecular flexibility index (Phi) is 31.4. The van der Waals surface area contributed by atoms with Gasteiger partial charge in [-0.25, -0.2) is 9.59 Å². The van der Waals surface area contributed by atoms with Crippen molar-refractivity contribution < 1.29 is 56.7 Å². The first-order valence-corrected chi connectivity index (χ1v) is 25.6. The maximum Gasteiger partial charge on any atom is 2.00 e. The predicted molar refractivity (Wildman–Crippen MR) is 278 cm³/mol. The largest absolute Gasteiger partial charge is 2.00 e. The monoisotopic (exact) mass is 993 g/mol. The zero-order valence-electron chi connectivity index (χ0n) is 43.0. The predicted octanol–water partition coefficient (Wildman–Crippen LogP) is 14.5. The van der Waals surface area contributed by atoms with Crippen molar-refractivity contribution in [2.75, 3.05) is 0 Å². The van der Waals surface area contributed by atoms with E-state index in [1.165, 1.54) is 48.9 Å². The number of benzene rings is 4. The van der Waals surface area contributed by atoms with Gasteiger partial charge in [-0.1, -0.05) is 148 Å². The van der Waals surface area contributed by atoms with E-state index in [0.29, 0.717) is 36.8 Å². The van der Waals surface area contributed by atoms with Crippen LogP contribution in [-0.2, 0) is 55.0 Å². The van der Waals surface area contributed by atoms with Crippen molar-refractivity contribution in [3.8, 4) is 23.0 Å². The van der Waals surface area contributed by atoms with Gasteiger partial charge in [0, 0.05) is 0 Å². The van der Waals surface area contributed by atoms with E-state index in [1.54, 1.807) is 0 Å². The van der Waals surface area contributed by atoms with Crippen LogP contribution >= 0.6 is 0 Å². The summed E-state index contributed by atoms with van der Waals surface area (Å²) in [5.74, 6) is -4.90. The third-order valence-corrected chi connectivity index (χ3v) is 12.0. The topological polar surface area (TPSA) is 186 Å². The number of carbonyl (C=O) groups is 2. The summed E-state index contributed by atoms with van der Waals surface area (Å²) in [5, 5.41) is 61.5. The fourth-order valence-electron chi connectivity index (χ4n) is 8.27. The van der Waals surface area contributed by atoms with Gasteiger partial charge in [-0.3, -0.25) is 9.98 Å². The summed E-state index contributed by atoms with van der Waals surface area (Å²) in [5.41, 5.74) is 9.48. The number of nitrogens with zero attached hydrogens (tertiary/aromatic N) is 2. The molecule has 0 unspecified atom stereocenters. The molecule has 0 saturated carbocycles. The summed E-state index contributed by atoms with van der Waals surface area (Å²) < 4.78 is 0. The fourth-order valence-corrected chi connectivity index (χ4v) is 8.27. The number of hydrogen-bond acceptors (Lipinski definition) is 8. The molecule has 0 aromatic heterocycles. The van der Waals surface area contributed by atoms with E-state index in [-0.39, 0.29) is 27.6 Å². The third-order valence-electron chi connectivity index (χ3n) is 12.0. The van der Waals surface area contributed by atoms with Gasteiger partial charge in [0.1, 0.15) is 11.5 Å². The smallest absolute Gasteiger partial charge is 0.869 e. The molecule has 0 amide bonds. The zero-order valence-corrected chi connectivity index (χ0v) is 43.9. The summed E-state index contributed by atoms with van der Waals surface area (Å²) in [6.07, 6.45) is 21.4. The molecule has 0 fully saturated rings. The molecule has 0 saturated heterocycles. The fraction of sp³-hybridized carbons (Fsp3) is 0.517. The zero-order chi connectivity index (χ0) is 50.4. The Balaban J connectivity index is 0.000000526. The average Bonchev–Trinajstić information content (AvgIpc) is 3.31. The molecule has 0 heterocycles. The van der Waals surface area contributed by atoms with Crippen LogP contribution in [0.25, 0.3) is 0 Å². The minimum atomic E-state index is -1.24. The van der Waals surface area contributed by atoms with Crippen molar-refractivity contribution in [3.63, 3.8) is 0 Å². The molecule has 4 aromatic carbocycles. The molecule has 69 heavy (non-hydrogen) atoms. The number of phenols is 2. The molecule has 10 nitrogen and oxygen atoms in total. The number of hydrogen-bond donors (Lipinski definition) is 4. The Hall–Kier alpha value is -5.15. The van der Waals surface area contributed by atoms with Crippen molar-refractivity contribution in [3.05, 3.63) is 105 Å². The maximum absolute atomic E-state index is 11.9. The van der Waals surface area contributed by atoms with Crippen LogP contribution in [0.15, 0.2) is 70.6 Å². The summed E-state index contributed by atoms with van der Waals surface area (Å²) in [7, 11) is 0. The minimum absolute atomic E-state index is 0. The van der Waals surface area contributed by atoms with Crippen LogP contribution < -0.4 is 10.2 Å². The Morgan fingerprint density at radius 3 is 1.36 bits per heavy atom. The Morgan fingerprint density at radius 1 is 0.478 bits per heavy atom. The molecule has 0 aliphatic carbocycles. The van der Waals surface area contributed by atoms with E-state index < -0.39 is 34.9 Å². The van der Waals surface area contributed by atoms with Crippen LogP contribution in [0.4, 0.5) is 11.4 Å². The van der Waals surface area contributed by atoms with Gasteiger partial charge in [0.05, 0.1) is 33.9 Å². The summed E-state index contributed by atoms with van der Waals surface area (Å²) in [6, 6.07) is 19.8. The Bertz CT molecular complexity index is 2110. The molecule has 0 atom stereocenters. The second-order valence-electron chi connectivity index (χ2n) is 17.7. The number of carboxylic acid groups (broad SMARTS) is 2. The number of unbranched alkanes of at least 4 members (excludes halogenated alkanes) is 8. The average molecular weight is 994 g/mol. The van der Waals surface area contributed by atoms with Gasteiger partial charge in [-0.2, -0.15) is 0 Å². The number of phenolic OH excluding ortho intramolecular Hbond substituents is 2. The number of carboxylic acids is 2.